The van der Waals surface area contributed by atoms with Crippen molar-refractivity contribution in [2.75, 3.05) is 5.32 Å². The van der Waals surface area contributed by atoms with Gasteiger partial charge in [0.05, 0.1) is 0 Å². The molecule has 4 nitrogen and oxygen atoms in total. The van der Waals surface area contributed by atoms with E-state index in [1.54, 1.807) is 17.5 Å². The van der Waals surface area contributed by atoms with Crippen LogP contribution in [0.4, 0.5) is 5.69 Å². The highest BCUT2D eigenvalue weighted by Crippen LogP contribution is 2.23. The molecule has 4 aromatic rings. The van der Waals surface area contributed by atoms with Gasteiger partial charge in [0.1, 0.15) is 11.6 Å². The molecule has 0 fully saturated rings. The summed E-state index contributed by atoms with van der Waals surface area (Å²) in [5.74, 6) is -0.0432. The topological polar surface area (TPSA) is 46.9 Å². The van der Waals surface area contributed by atoms with Crippen molar-refractivity contribution in [2.24, 2.45) is 0 Å². The number of hydrogen-bond acceptors (Lipinski definition) is 3. The quantitative estimate of drug-likeness (QED) is 0.601. The second-order valence-electron chi connectivity index (χ2n) is 5.47. The fourth-order valence-corrected chi connectivity index (χ4v) is 3.34. The molecule has 2 heterocycles. The summed E-state index contributed by atoms with van der Waals surface area (Å²) in [6, 6.07) is 17.8. The Morgan fingerprint density at radius 1 is 1.08 bits per heavy atom. The zero-order chi connectivity index (χ0) is 16.4. The second-order valence-corrected chi connectivity index (χ2v) is 6.36. The molecule has 0 unspecified atom stereocenters. The van der Waals surface area contributed by atoms with Crippen molar-refractivity contribution in [3.8, 4) is 10.6 Å². The van der Waals surface area contributed by atoms with E-state index < -0.39 is 0 Å². The van der Waals surface area contributed by atoms with Gasteiger partial charge in [-0.2, -0.15) is 0 Å². The molecular formula is C19H15N3OS. The van der Waals surface area contributed by atoms with Gasteiger partial charge in [-0.15, -0.1) is 11.3 Å². The minimum Gasteiger partial charge on any atom is -0.338 e. The molecule has 0 aliphatic heterocycles. The smallest absolute Gasteiger partial charge is 0.244 e. The Morgan fingerprint density at radius 2 is 1.92 bits per heavy atom. The number of nitrogens with one attached hydrogen (secondary N) is 1. The van der Waals surface area contributed by atoms with Gasteiger partial charge in [-0.05, 0) is 41.8 Å². The summed E-state index contributed by atoms with van der Waals surface area (Å²) < 4.78 is 1.95. The minimum atomic E-state index is -0.0432. The van der Waals surface area contributed by atoms with Gasteiger partial charge in [0.25, 0.3) is 0 Å². The maximum absolute atomic E-state index is 12.3. The van der Waals surface area contributed by atoms with Crippen molar-refractivity contribution in [2.45, 2.75) is 6.54 Å². The van der Waals surface area contributed by atoms with Crippen molar-refractivity contribution in [3.05, 3.63) is 72.4 Å². The highest BCUT2D eigenvalue weighted by molar-refractivity contribution is 7.13. The van der Waals surface area contributed by atoms with Crippen LogP contribution in [0, 0.1) is 0 Å². The van der Waals surface area contributed by atoms with Gasteiger partial charge in [-0.3, -0.25) is 4.79 Å². The SMILES string of the molecule is O=C(Cn1ccc2ccccc21)Nc1ccc(-c2nccs2)cc1. The van der Waals surface area contributed by atoms with E-state index in [4.69, 9.17) is 0 Å². The molecule has 0 radical (unpaired) electrons. The summed E-state index contributed by atoms with van der Waals surface area (Å²) in [4.78, 5) is 16.6. The summed E-state index contributed by atoms with van der Waals surface area (Å²) >= 11 is 1.60. The van der Waals surface area contributed by atoms with Gasteiger partial charge in [-0.25, -0.2) is 4.98 Å². The van der Waals surface area contributed by atoms with Crippen LogP contribution in [-0.2, 0) is 11.3 Å². The number of aromatic nitrogens is 2. The van der Waals surface area contributed by atoms with E-state index in [1.165, 1.54) is 0 Å². The number of benzene rings is 2. The van der Waals surface area contributed by atoms with E-state index in [1.807, 2.05) is 70.7 Å². The second kappa shape index (κ2) is 6.29. The molecule has 2 aromatic heterocycles. The van der Waals surface area contributed by atoms with Crippen molar-refractivity contribution in [1.29, 1.82) is 0 Å². The monoisotopic (exact) mass is 333 g/mol. The van der Waals surface area contributed by atoms with Crippen LogP contribution in [0.3, 0.4) is 0 Å². The summed E-state index contributed by atoms with van der Waals surface area (Å²) in [6.07, 6.45) is 3.73. The molecule has 0 aliphatic carbocycles. The molecule has 0 aliphatic rings. The largest absolute Gasteiger partial charge is 0.338 e. The Hall–Kier alpha value is -2.92. The van der Waals surface area contributed by atoms with E-state index in [0.29, 0.717) is 6.54 Å². The highest BCUT2D eigenvalue weighted by atomic mass is 32.1. The van der Waals surface area contributed by atoms with Crippen molar-refractivity contribution >= 4 is 33.8 Å². The number of nitrogens with zero attached hydrogens (tertiary/aromatic N) is 2. The molecule has 5 heteroatoms. The van der Waals surface area contributed by atoms with Crippen LogP contribution in [0.15, 0.2) is 72.4 Å². The maximum Gasteiger partial charge on any atom is 0.244 e. The number of para-hydroxylation sites is 1. The number of carbonyl (C=O) groups is 1. The first-order valence-corrected chi connectivity index (χ1v) is 8.51. The molecule has 1 amide bonds. The maximum atomic E-state index is 12.3. The first kappa shape index (κ1) is 14.7. The third kappa shape index (κ3) is 2.94. The lowest BCUT2D eigenvalue weighted by Gasteiger charge is -2.08. The molecule has 24 heavy (non-hydrogen) atoms. The number of carbonyl (C=O) groups excluding carboxylic acids is 1. The van der Waals surface area contributed by atoms with E-state index in [0.717, 1.165) is 27.2 Å². The van der Waals surface area contributed by atoms with Crippen LogP contribution in [0.1, 0.15) is 0 Å². The van der Waals surface area contributed by atoms with Crippen LogP contribution in [0.2, 0.25) is 0 Å². The molecular weight excluding hydrogens is 318 g/mol. The fourth-order valence-electron chi connectivity index (χ4n) is 2.70. The van der Waals surface area contributed by atoms with Crippen LogP contribution in [0.5, 0.6) is 0 Å². The molecule has 0 atom stereocenters. The van der Waals surface area contributed by atoms with Crippen molar-refractivity contribution in [3.63, 3.8) is 0 Å². The lowest BCUT2D eigenvalue weighted by atomic mass is 10.2. The standard InChI is InChI=1S/C19H15N3OS/c23-18(13-22-11-9-14-3-1-2-4-17(14)22)21-16-7-5-15(6-8-16)19-20-10-12-24-19/h1-12H,13H2,(H,21,23). The molecule has 118 valence electrons. The fraction of sp³-hybridized carbons (Fsp3) is 0.0526. The number of rotatable bonds is 4. The van der Waals surface area contributed by atoms with Gasteiger partial charge >= 0.3 is 0 Å². The third-order valence-corrected chi connectivity index (χ3v) is 4.66. The van der Waals surface area contributed by atoms with E-state index in [2.05, 4.69) is 10.3 Å². The van der Waals surface area contributed by atoms with Gasteiger partial charge < -0.3 is 9.88 Å². The average molecular weight is 333 g/mol. The summed E-state index contributed by atoms with van der Waals surface area (Å²) in [7, 11) is 0. The average Bonchev–Trinajstić information content (AvgIpc) is 3.26. The Balaban J connectivity index is 1.46. The van der Waals surface area contributed by atoms with Gasteiger partial charge in [-0.1, -0.05) is 18.2 Å². The third-order valence-electron chi connectivity index (χ3n) is 3.84. The molecule has 0 saturated heterocycles. The number of anilines is 1. The van der Waals surface area contributed by atoms with Crippen LogP contribution in [-0.4, -0.2) is 15.5 Å². The Kier molecular flexibility index (Phi) is 3.84. The van der Waals surface area contributed by atoms with Crippen molar-refractivity contribution in [1.82, 2.24) is 9.55 Å². The van der Waals surface area contributed by atoms with Crippen LogP contribution >= 0.6 is 11.3 Å². The molecule has 2 aromatic carbocycles. The van der Waals surface area contributed by atoms with Gasteiger partial charge in [0.15, 0.2) is 0 Å². The normalized spacial score (nSPS) is 10.8. The number of hydrogen-bond donors (Lipinski definition) is 1. The Labute approximate surface area is 143 Å². The first-order valence-electron chi connectivity index (χ1n) is 7.63. The Morgan fingerprint density at radius 3 is 2.71 bits per heavy atom. The van der Waals surface area contributed by atoms with E-state index >= 15 is 0 Å². The number of fused-ring (bicyclic) bond motifs is 1. The highest BCUT2D eigenvalue weighted by Gasteiger charge is 2.07. The number of thiazole rings is 1. The molecule has 4 rings (SSSR count). The van der Waals surface area contributed by atoms with E-state index in [-0.39, 0.29) is 5.91 Å². The summed E-state index contributed by atoms with van der Waals surface area (Å²) in [5, 5.41) is 7.01. The van der Waals surface area contributed by atoms with Crippen LogP contribution < -0.4 is 5.32 Å². The first-order chi connectivity index (χ1) is 11.8. The minimum absolute atomic E-state index is 0.0432. The summed E-state index contributed by atoms with van der Waals surface area (Å²) in [6.45, 7) is 0.293. The molecule has 0 bridgehead atoms. The Bertz CT molecular complexity index is 971. The van der Waals surface area contributed by atoms with E-state index in [9.17, 15) is 4.79 Å². The molecule has 0 saturated carbocycles. The summed E-state index contributed by atoms with van der Waals surface area (Å²) in [5.41, 5.74) is 2.91. The predicted molar refractivity (Wildman–Crippen MR) is 98.1 cm³/mol. The van der Waals surface area contributed by atoms with Gasteiger partial charge in [0.2, 0.25) is 5.91 Å². The lowest BCUT2D eigenvalue weighted by molar-refractivity contribution is -0.116. The molecule has 1 N–H and O–H groups in total. The predicted octanol–water partition coefficient (Wildman–Crippen LogP) is 4.40. The van der Waals surface area contributed by atoms with Gasteiger partial charge in [0, 0.05) is 34.5 Å². The lowest BCUT2D eigenvalue weighted by Crippen LogP contribution is -2.18. The zero-order valence-corrected chi connectivity index (χ0v) is 13.7. The van der Waals surface area contributed by atoms with Crippen LogP contribution in [0.25, 0.3) is 21.5 Å². The van der Waals surface area contributed by atoms with Crippen molar-refractivity contribution < 1.29 is 4.79 Å². The number of amides is 1. The molecule has 0 spiro atoms. The zero-order valence-electron chi connectivity index (χ0n) is 12.8.